The van der Waals surface area contributed by atoms with Gasteiger partial charge in [0.15, 0.2) is 5.65 Å². The molecule has 1 amide bonds. The Hall–Kier alpha value is -3.92. The van der Waals surface area contributed by atoms with Crippen molar-refractivity contribution in [1.29, 1.82) is 0 Å². The molecule has 5 rings (SSSR count). The molecule has 2 aliphatic heterocycles. The SMILES string of the molecule is CO[C@@H]1C[C@H]2COc3ccn4ncc(c4n3)-c3cc(N=C(C)C(C)=CN)cc(c3)NCCN2C1=O. The molecule has 1 fully saturated rings. The van der Waals surface area contributed by atoms with Crippen molar-refractivity contribution in [1.82, 2.24) is 19.5 Å². The van der Waals surface area contributed by atoms with Crippen LogP contribution < -0.4 is 15.8 Å². The molecule has 1 saturated heterocycles. The van der Waals surface area contributed by atoms with E-state index in [1.165, 1.54) is 0 Å². The molecular weight excluding hydrogens is 446 g/mol. The van der Waals surface area contributed by atoms with Crippen molar-refractivity contribution >= 4 is 28.6 Å². The van der Waals surface area contributed by atoms with Crippen molar-refractivity contribution in [3.8, 4) is 17.0 Å². The fraction of sp³-hybridized carbons (Fsp3) is 0.360. The van der Waals surface area contributed by atoms with Gasteiger partial charge in [0, 0.05) is 55.8 Å². The monoisotopic (exact) mass is 475 g/mol. The lowest BCUT2D eigenvalue weighted by atomic mass is 10.1. The van der Waals surface area contributed by atoms with Crippen molar-refractivity contribution in [2.24, 2.45) is 10.7 Å². The Bertz CT molecular complexity index is 1330. The van der Waals surface area contributed by atoms with Gasteiger partial charge < -0.3 is 25.4 Å². The van der Waals surface area contributed by atoms with Crippen LogP contribution in [0.15, 0.2) is 53.4 Å². The molecule has 0 spiro atoms. The summed E-state index contributed by atoms with van der Waals surface area (Å²) in [5, 5.41) is 7.93. The molecule has 0 unspecified atom stereocenters. The van der Waals surface area contributed by atoms with Crippen molar-refractivity contribution < 1.29 is 14.3 Å². The lowest BCUT2D eigenvalue weighted by Crippen LogP contribution is -2.41. The van der Waals surface area contributed by atoms with Crippen molar-refractivity contribution in [2.75, 3.05) is 32.1 Å². The summed E-state index contributed by atoms with van der Waals surface area (Å²) in [5.74, 6) is 0.465. The van der Waals surface area contributed by atoms with Gasteiger partial charge in [-0.2, -0.15) is 10.1 Å². The summed E-state index contributed by atoms with van der Waals surface area (Å²) in [5.41, 5.74) is 11.5. The molecule has 0 aliphatic carbocycles. The molecule has 4 heterocycles. The summed E-state index contributed by atoms with van der Waals surface area (Å²) < 4.78 is 13.2. The highest BCUT2D eigenvalue weighted by atomic mass is 16.5. The molecule has 3 aromatic rings. The van der Waals surface area contributed by atoms with E-state index in [-0.39, 0.29) is 11.9 Å². The van der Waals surface area contributed by atoms with Gasteiger partial charge in [0.1, 0.15) is 12.7 Å². The fourth-order valence-corrected chi connectivity index (χ4v) is 4.46. The van der Waals surface area contributed by atoms with Gasteiger partial charge in [-0.05, 0) is 49.4 Å². The molecule has 10 heteroatoms. The second-order valence-electron chi connectivity index (χ2n) is 8.79. The van der Waals surface area contributed by atoms with E-state index in [4.69, 9.17) is 25.2 Å². The van der Waals surface area contributed by atoms with Crippen LogP contribution in [-0.2, 0) is 9.53 Å². The minimum atomic E-state index is -0.456. The molecule has 182 valence electrons. The van der Waals surface area contributed by atoms with E-state index in [1.54, 1.807) is 30.1 Å². The largest absolute Gasteiger partial charge is 0.475 e. The Morgan fingerprint density at radius 2 is 2.20 bits per heavy atom. The van der Waals surface area contributed by atoms with Gasteiger partial charge in [-0.15, -0.1) is 0 Å². The number of methoxy groups -OCH3 is 1. The second-order valence-corrected chi connectivity index (χ2v) is 8.79. The normalized spacial score (nSPS) is 21.0. The third kappa shape index (κ3) is 4.44. The number of nitrogens with two attached hydrogens (primary N) is 1. The van der Waals surface area contributed by atoms with Crippen molar-refractivity contribution in [2.45, 2.75) is 32.4 Å². The number of allylic oxidation sites excluding steroid dienone is 1. The minimum Gasteiger partial charge on any atom is -0.475 e. The van der Waals surface area contributed by atoms with Crippen LogP contribution in [0, 0.1) is 0 Å². The highest BCUT2D eigenvalue weighted by Gasteiger charge is 2.39. The second kappa shape index (κ2) is 9.38. The highest BCUT2D eigenvalue weighted by molar-refractivity contribution is 5.99. The van der Waals surface area contributed by atoms with Gasteiger partial charge in [-0.1, -0.05) is 0 Å². The summed E-state index contributed by atoms with van der Waals surface area (Å²) in [4.78, 5) is 24.2. The summed E-state index contributed by atoms with van der Waals surface area (Å²) >= 11 is 0. The summed E-state index contributed by atoms with van der Waals surface area (Å²) in [6.07, 6.45) is 5.29. The fourth-order valence-electron chi connectivity index (χ4n) is 4.46. The van der Waals surface area contributed by atoms with Crippen molar-refractivity contribution in [3.05, 3.63) is 48.4 Å². The molecule has 10 nitrogen and oxygen atoms in total. The van der Waals surface area contributed by atoms with Crippen LogP contribution in [0.5, 0.6) is 5.88 Å². The Kier molecular flexibility index (Phi) is 6.12. The summed E-state index contributed by atoms with van der Waals surface area (Å²) in [6, 6.07) is 7.71. The number of carbonyl (C=O) groups is 1. The van der Waals surface area contributed by atoms with Crippen LogP contribution >= 0.6 is 0 Å². The van der Waals surface area contributed by atoms with E-state index in [2.05, 4.69) is 10.4 Å². The van der Waals surface area contributed by atoms with E-state index < -0.39 is 6.10 Å². The Morgan fingerprint density at radius 1 is 1.34 bits per heavy atom. The van der Waals surface area contributed by atoms with Gasteiger partial charge in [0.05, 0.1) is 17.9 Å². The third-order valence-electron chi connectivity index (χ3n) is 6.57. The van der Waals surface area contributed by atoms with Crippen LogP contribution in [-0.4, -0.2) is 70.1 Å². The molecule has 0 radical (unpaired) electrons. The van der Waals surface area contributed by atoms with Gasteiger partial charge in [0.25, 0.3) is 5.91 Å². The number of ether oxygens (including phenoxy) is 2. The molecule has 35 heavy (non-hydrogen) atoms. The summed E-state index contributed by atoms with van der Waals surface area (Å²) in [6.45, 7) is 5.29. The lowest BCUT2D eigenvalue weighted by Gasteiger charge is -2.25. The van der Waals surface area contributed by atoms with Crippen LogP contribution in [0.1, 0.15) is 20.3 Å². The van der Waals surface area contributed by atoms with Gasteiger partial charge >= 0.3 is 0 Å². The number of hydrogen-bond acceptors (Lipinski definition) is 8. The molecule has 2 aromatic heterocycles. The van der Waals surface area contributed by atoms with Gasteiger partial charge in [-0.25, -0.2) is 4.52 Å². The first kappa shape index (κ1) is 22.9. The number of fused-ring (bicyclic) bond motifs is 5. The number of rotatable bonds is 3. The molecule has 2 atom stereocenters. The van der Waals surface area contributed by atoms with E-state index in [0.717, 1.165) is 33.8 Å². The first-order valence-corrected chi connectivity index (χ1v) is 11.6. The predicted octanol–water partition coefficient (Wildman–Crippen LogP) is 2.77. The Balaban J connectivity index is 1.60. The molecule has 4 bridgehead atoms. The molecule has 0 saturated carbocycles. The van der Waals surface area contributed by atoms with Crippen LogP contribution in [0.25, 0.3) is 16.8 Å². The molecule has 3 N–H and O–H groups in total. The van der Waals surface area contributed by atoms with E-state index in [9.17, 15) is 4.79 Å². The van der Waals surface area contributed by atoms with Crippen LogP contribution in [0.4, 0.5) is 11.4 Å². The zero-order valence-electron chi connectivity index (χ0n) is 20.1. The molecule has 2 aliphatic rings. The quantitative estimate of drug-likeness (QED) is 0.559. The number of aromatic nitrogens is 3. The molecule has 1 aromatic carbocycles. The number of benzene rings is 1. The topological polar surface area (TPSA) is 119 Å². The zero-order chi connectivity index (χ0) is 24.5. The summed E-state index contributed by atoms with van der Waals surface area (Å²) in [7, 11) is 1.57. The number of hydrogen-bond donors (Lipinski definition) is 2. The average molecular weight is 476 g/mol. The smallest absolute Gasteiger partial charge is 0.252 e. The van der Waals surface area contributed by atoms with Gasteiger partial charge in [-0.3, -0.25) is 9.79 Å². The Morgan fingerprint density at radius 3 is 3.00 bits per heavy atom. The van der Waals surface area contributed by atoms with Crippen LogP contribution in [0.3, 0.4) is 0 Å². The van der Waals surface area contributed by atoms with Crippen LogP contribution in [0.2, 0.25) is 0 Å². The predicted molar refractivity (Wildman–Crippen MR) is 134 cm³/mol. The third-order valence-corrected chi connectivity index (χ3v) is 6.57. The number of nitrogens with zero attached hydrogens (tertiary/aromatic N) is 5. The zero-order valence-corrected chi connectivity index (χ0v) is 20.1. The lowest BCUT2D eigenvalue weighted by molar-refractivity contribution is -0.136. The maximum absolute atomic E-state index is 12.9. The van der Waals surface area contributed by atoms with E-state index in [0.29, 0.717) is 37.6 Å². The first-order chi connectivity index (χ1) is 17.0. The minimum absolute atomic E-state index is 0.0183. The number of carbonyl (C=O) groups excluding carboxylic acids is 1. The number of aliphatic imine (C=N–C) groups is 1. The number of nitrogens with one attached hydrogen (secondary N) is 1. The Labute approximate surface area is 203 Å². The van der Waals surface area contributed by atoms with Crippen molar-refractivity contribution in [3.63, 3.8) is 0 Å². The van der Waals surface area contributed by atoms with Gasteiger partial charge in [0.2, 0.25) is 5.88 Å². The number of anilines is 1. The maximum Gasteiger partial charge on any atom is 0.252 e. The maximum atomic E-state index is 12.9. The molecular formula is C25H29N7O3. The standard InChI is InChI=1S/C25H29N7O3/c1-15(12-26)16(2)29-19-9-17-8-18(10-19)27-5-7-31-20(11-22(34-3)25(31)33)14-35-23-4-6-32-24(30-23)21(17)13-28-32/h4,6,8-10,12-13,20,22,27H,5,7,11,14,26H2,1-3H3/t20-,22+/m0/s1. The average Bonchev–Trinajstić information content (AvgIpc) is 3.42. The van der Waals surface area contributed by atoms with E-state index >= 15 is 0 Å². The number of amides is 1. The van der Waals surface area contributed by atoms with E-state index in [1.807, 2.05) is 43.1 Å². The highest BCUT2D eigenvalue weighted by Crippen LogP contribution is 2.32. The first-order valence-electron chi connectivity index (χ1n) is 11.6.